The molecule has 0 unspecified atom stereocenters. The normalized spacial score (nSPS) is 13.6. The maximum Gasteiger partial charge on any atom is 0.263 e. The van der Waals surface area contributed by atoms with Gasteiger partial charge in [0.25, 0.3) is 5.91 Å². The van der Waals surface area contributed by atoms with Gasteiger partial charge >= 0.3 is 0 Å². The predicted molar refractivity (Wildman–Crippen MR) is 83.0 cm³/mol. The maximum absolute atomic E-state index is 12.6. The molecule has 100 valence electrons. The number of ether oxygens (including phenoxy) is 1. The van der Waals surface area contributed by atoms with Crippen molar-refractivity contribution >= 4 is 33.2 Å². The molecule has 0 aromatic heterocycles. The van der Waals surface area contributed by atoms with Crippen LogP contribution in [0.5, 0.6) is 5.75 Å². The monoisotopic (exact) mass is 329 g/mol. The summed E-state index contributed by atoms with van der Waals surface area (Å²) in [6, 6.07) is 13.0. The van der Waals surface area contributed by atoms with E-state index in [0.29, 0.717) is 22.7 Å². The molecule has 1 amide bonds. The van der Waals surface area contributed by atoms with Gasteiger partial charge in [-0.05, 0) is 24.3 Å². The van der Waals surface area contributed by atoms with Gasteiger partial charge in [-0.1, -0.05) is 40.7 Å². The molecule has 0 fully saturated rings. The first-order valence-corrected chi connectivity index (χ1v) is 6.89. The lowest BCUT2D eigenvalue weighted by atomic mass is 10.1. The van der Waals surface area contributed by atoms with Gasteiger partial charge in [0, 0.05) is 15.6 Å². The Morgan fingerprint density at radius 1 is 1.15 bits per heavy atom. The fourth-order valence-corrected chi connectivity index (χ4v) is 2.73. The van der Waals surface area contributed by atoms with Gasteiger partial charge in [0.15, 0.2) is 0 Å². The Morgan fingerprint density at radius 2 is 1.85 bits per heavy atom. The number of rotatable bonds is 2. The first kappa shape index (κ1) is 12.9. The van der Waals surface area contributed by atoms with Crippen LogP contribution >= 0.6 is 15.9 Å². The number of methoxy groups -OCH3 is 1. The van der Waals surface area contributed by atoms with E-state index in [-0.39, 0.29) is 5.91 Å². The summed E-state index contributed by atoms with van der Waals surface area (Å²) in [7, 11) is 1.59. The van der Waals surface area contributed by atoms with E-state index >= 15 is 0 Å². The number of hydrogen-bond acceptors (Lipinski definition) is 2. The van der Waals surface area contributed by atoms with E-state index < -0.39 is 0 Å². The highest BCUT2D eigenvalue weighted by Crippen LogP contribution is 2.41. The first-order valence-electron chi connectivity index (χ1n) is 6.10. The maximum atomic E-state index is 12.6. The zero-order valence-corrected chi connectivity index (χ0v) is 12.5. The van der Waals surface area contributed by atoms with Crippen LogP contribution in [-0.4, -0.2) is 13.0 Å². The van der Waals surface area contributed by atoms with Crippen LogP contribution < -0.4 is 9.64 Å². The second-order valence-electron chi connectivity index (χ2n) is 4.45. The molecule has 1 heterocycles. The average molecular weight is 330 g/mol. The van der Waals surface area contributed by atoms with Crippen LogP contribution in [0.25, 0.3) is 5.70 Å². The molecule has 0 saturated carbocycles. The molecule has 0 radical (unpaired) electrons. The van der Waals surface area contributed by atoms with Gasteiger partial charge < -0.3 is 4.74 Å². The van der Waals surface area contributed by atoms with Gasteiger partial charge in [-0.3, -0.25) is 9.69 Å². The minimum atomic E-state index is -0.0815. The Morgan fingerprint density at radius 3 is 2.50 bits per heavy atom. The fourth-order valence-electron chi connectivity index (χ4n) is 2.38. The molecular weight excluding hydrogens is 318 g/mol. The molecule has 0 N–H and O–H groups in total. The summed E-state index contributed by atoms with van der Waals surface area (Å²) in [5.74, 6) is 0.553. The molecule has 0 saturated heterocycles. The van der Waals surface area contributed by atoms with Gasteiger partial charge in [-0.15, -0.1) is 0 Å². The van der Waals surface area contributed by atoms with E-state index in [0.717, 1.165) is 10.0 Å². The molecule has 20 heavy (non-hydrogen) atoms. The van der Waals surface area contributed by atoms with Gasteiger partial charge in [0.05, 0.1) is 18.5 Å². The van der Waals surface area contributed by atoms with Crippen LogP contribution in [0, 0.1) is 0 Å². The first-order chi connectivity index (χ1) is 9.63. The van der Waals surface area contributed by atoms with Crippen LogP contribution in [0.2, 0.25) is 0 Å². The van der Waals surface area contributed by atoms with E-state index in [1.165, 1.54) is 0 Å². The third-order valence-electron chi connectivity index (χ3n) is 3.32. The summed E-state index contributed by atoms with van der Waals surface area (Å²) in [5.41, 5.74) is 2.88. The molecule has 0 atom stereocenters. The van der Waals surface area contributed by atoms with Crippen LogP contribution in [0.4, 0.5) is 5.69 Å². The lowest BCUT2D eigenvalue weighted by Crippen LogP contribution is -2.22. The zero-order valence-electron chi connectivity index (χ0n) is 10.9. The third kappa shape index (κ3) is 1.84. The summed E-state index contributed by atoms with van der Waals surface area (Å²) >= 11 is 3.42. The second kappa shape index (κ2) is 4.80. The van der Waals surface area contributed by atoms with Gasteiger partial charge in [-0.25, -0.2) is 0 Å². The smallest absolute Gasteiger partial charge is 0.263 e. The SMILES string of the molecule is C=C1c2ccccc2C(=O)N1c1cc(Br)ccc1OC. The van der Waals surface area contributed by atoms with Crippen molar-refractivity contribution in [3.8, 4) is 5.75 Å². The third-order valence-corrected chi connectivity index (χ3v) is 3.82. The molecule has 2 aromatic carbocycles. The van der Waals surface area contributed by atoms with Crippen LogP contribution in [0.15, 0.2) is 53.5 Å². The van der Waals surface area contributed by atoms with E-state index in [1.807, 2.05) is 42.5 Å². The number of benzene rings is 2. The van der Waals surface area contributed by atoms with Gasteiger partial charge in [0.2, 0.25) is 0 Å². The number of fused-ring (bicyclic) bond motifs is 1. The second-order valence-corrected chi connectivity index (χ2v) is 5.36. The van der Waals surface area contributed by atoms with Gasteiger partial charge in [0.1, 0.15) is 5.75 Å². The van der Waals surface area contributed by atoms with Crippen molar-refractivity contribution in [2.45, 2.75) is 0 Å². The lowest BCUT2D eigenvalue weighted by Gasteiger charge is -2.20. The molecule has 0 aliphatic carbocycles. The quantitative estimate of drug-likeness (QED) is 0.830. The highest BCUT2D eigenvalue weighted by molar-refractivity contribution is 9.10. The number of hydrogen-bond donors (Lipinski definition) is 0. The number of nitrogens with zero attached hydrogens (tertiary/aromatic N) is 1. The van der Waals surface area contributed by atoms with Crippen LogP contribution in [0.3, 0.4) is 0 Å². The minimum absolute atomic E-state index is 0.0815. The highest BCUT2D eigenvalue weighted by atomic mass is 79.9. The molecule has 1 aliphatic heterocycles. The van der Waals surface area contributed by atoms with E-state index in [1.54, 1.807) is 12.0 Å². The summed E-state index contributed by atoms with van der Waals surface area (Å²) in [6.07, 6.45) is 0. The van der Waals surface area contributed by atoms with Crippen molar-refractivity contribution in [1.82, 2.24) is 0 Å². The molecule has 3 rings (SSSR count). The molecule has 4 heteroatoms. The van der Waals surface area contributed by atoms with Crippen molar-refractivity contribution in [3.63, 3.8) is 0 Å². The van der Waals surface area contributed by atoms with Crippen LogP contribution in [-0.2, 0) is 0 Å². The Labute approximate surface area is 125 Å². The topological polar surface area (TPSA) is 29.5 Å². The summed E-state index contributed by atoms with van der Waals surface area (Å²) in [5, 5.41) is 0. The van der Waals surface area contributed by atoms with Gasteiger partial charge in [-0.2, -0.15) is 0 Å². The molecule has 1 aliphatic rings. The zero-order chi connectivity index (χ0) is 14.3. The van der Waals surface area contributed by atoms with Crippen molar-refractivity contribution in [2.24, 2.45) is 0 Å². The number of carbonyl (C=O) groups is 1. The van der Waals surface area contributed by atoms with Crippen molar-refractivity contribution in [1.29, 1.82) is 0 Å². The Balaban J connectivity index is 2.16. The average Bonchev–Trinajstić information content (AvgIpc) is 2.71. The van der Waals surface area contributed by atoms with Crippen molar-refractivity contribution in [3.05, 3.63) is 64.6 Å². The lowest BCUT2D eigenvalue weighted by molar-refractivity contribution is 0.101. The molecule has 0 spiro atoms. The Hall–Kier alpha value is -2.07. The standard InChI is InChI=1S/C16H12BrNO2/c1-10-12-5-3-4-6-13(12)16(19)18(10)14-9-11(17)7-8-15(14)20-2/h3-9H,1H2,2H3. The predicted octanol–water partition coefficient (Wildman–Crippen LogP) is 4.09. The van der Waals surface area contributed by atoms with Crippen LogP contribution in [0.1, 0.15) is 15.9 Å². The summed E-state index contributed by atoms with van der Waals surface area (Å²) < 4.78 is 6.23. The fraction of sp³-hybridized carbons (Fsp3) is 0.0625. The number of amides is 1. The molecule has 3 nitrogen and oxygen atoms in total. The number of carbonyl (C=O) groups excluding carboxylic acids is 1. The largest absolute Gasteiger partial charge is 0.495 e. The number of halogens is 1. The number of anilines is 1. The Bertz CT molecular complexity index is 689. The van der Waals surface area contributed by atoms with Crippen molar-refractivity contribution < 1.29 is 9.53 Å². The van der Waals surface area contributed by atoms with E-state index in [4.69, 9.17) is 4.74 Å². The summed E-state index contributed by atoms with van der Waals surface area (Å²) in [6.45, 7) is 4.04. The summed E-state index contributed by atoms with van der Waals surface area (Å²) in [4.78, 5) is 14.2. The van der Waals surface area contributed by atoms with E-state index in [2.05, 4.69) is 22.5 Å². The highest BCUT2D eigenvalue weighted by Gasteiger charge is 2.33. The van der Waals surface area contributed by atoms with Crippen molar-refractivity contribution in [2.75, 3.05) is 12.0 Å². The molecule has 2 aromatic rings. The van der Waals surface area contributed by atoms with E-state index in [9.17, 15) is 4.79 Å². The molecular formula is C16H12BrNO2. The minimum Gasteiger partial charge on any atom is -0.495 e. The molecule has 0 bridgehead atoms. The Kier molecular flexibility index (Phi) is 3.10.